The topological polar surface area (TPSA) is 49.7 Å². The molecule has 0 fully saturated rings. The van der Waals surface area contributed by atoms with E-state index in [-0.39, 0.29) is 19.3 Å². The van der Waals surface area contributed by atoms with Crippen LogP contribution in [0.2, 0.25) is 0 Å². The average Bonchev–Trinajstić information content (AvgIpc) is 3.04. The smallest absolute Gasteiger partial charge is 0.100 e. The van der Waals surface area contributed by atoms with E-state index in [4.69, 9.17) is 9.84 Å². The van der Waals surface area contributed by atoms with Crippen LogP contribution in [0.4, 0.5) is 0 Å². The van der Waals surface area contributed by atoms with Gasteiger partial charge in [0.1, 0.15) is 6.10 Å². The monoisotopic (exact) mass is 617 g/mol. The van der Waals surface area contributed by atoms with Crippen molar-refractivity contribution in [2.75, 3.05) is 13.2 Å². The van der Waals surface area contributed by atoms with E-state index < -0.39 is 6.10 Å². The third kappa shape index (κ3) is 35.3. The van der Waals surface area contributed by atoms with Crippen molar-refractivity contribution in [2.24, 2.45) is 0 Å². The van der Waals surface area contributed by atoms with Crippen LogP contribution in [0.1, 0.15) is 187 Å². The minimum atomic E-state index is -0.774. The average molecular weight is 617 g/mol. The molecule has 0 aromatic rings. The Labute approximate surface area is 275 Å². The van der Waals surface area contributed by atoms with E-state index in [0.29, 0.717) is 0 Å². The highest BCUT2D eigenvalue weighted by atomic mass is 16.5. The van der Waals surface area contributed by atoms with Gasteiger partial charge in [-0.15, -0.1) is 0 Å². The summed E-state index contributed by atoms with van der Waals surface area (Å²) in [4.78, 5) is 0. The highest BCUT2D eigenvalue weighted by molar-refractivity contribution is 4.99. The SMILES string of the molecule is CCCCCC=CCC=CCC=CCC=CCCC(CCCCCCCCCCCCCCCCCCC)OCC(O)CO. The minimum absolute atomic E-state index is 0.165. The summed E-state index contributed by atoms with van der Waals surface area (Å²) >= 11 is 0. The molecule has 0 saturated heterocycles. The van der Waals surface area contributed by atoms with Crippen LogP contribution in [0.25, 0.3) is 0 Å². The van der Waals surface area contributed by atoms with Gasteiger partial charge in [0, 0.05) is 0 Å². The number of rotatable bonds is 35. The van der Waals surface area contributed by atoms with Gasteiger partial charge in [-0.05, 0) is 51.4 Å². The van der Waals surface area contributed by atoms with Crippen molar-refractivity contribution in [3.63, 3.8) is 0 Å². The van der Waals surface area contributed by atoms with Gasteiger partial charge in [-0.25, -0.2) is 0 Å². The molecule has 0 spiro atoms. The predicted molar refractivity (Wildman–Crippen MR) is 195 cm³/mol. The largest absolute Gasteiger partial charge is 0.394 e. The maximum Gasteiger partial charge on any atom is 0.100 e. The van der Waals surface area contributed by atoms with Gasteiger partial charge < -0.3 is 14.9 Å². The van der Waals surface area contributed by atoms with Crippen molar-refractivity contribution in [1.82, 2.24) is 0 Å². The van der Waals surface area contributed by atoms with Crippen molar-refractivity contribution in [3.8, 4) is 0 Å². The van der Waals surface area contributed by atoms with E-state index in [1.54, 1.807) is 0 Å². The molecule has 0 aliphatic heterocycles. The van der Waals surface area contributed by atoms with Crippen molar-refractivity contribution < 1.29 is 14.9 Å². The van der Waals surface area contributed by atoms with E-state index in [1.807, 2.05) is 0 Å². The molecule has 0 aliphatic carbocycles. The lowest BCUT2D eigenvalue weighted by Crippen LogP contribution is -2.24. The van der Waals surface area contributed by atoms with E-state index in [0.717, 1.165) is 38.5 Å². The lowest BCUT2D eigenvalue weighted by Gasteiger charge is -2.19. The number of hydrogen-bond donors (Lipinski definition) is 2. The van der Waals surface area contributed by atoms with Gasteiger partial charge in [-0.3, -0.25) is 0 Å². The molecule has 0 bridgehead atoms. The quantitative estimate of drug-likeness (QED) is 0.0550. The van der Waals surface area contributed by atoms with Gasteiger partial charge in [-0.2, -0.15) is 0 Å². The fraction of sp³-hybridized carbons (Fsp3) is 0.805. The van der Waals surface area contributed by atoms with Gasteiger partial charge >= 0.3 is 0 Å². The highest BCUT2D eigenvalue weighted by Crippen LogP contribution is 2.17. The summed E-state index contributed by atoms with van der Waals surface area (Å²) < 4.78 is 5.98. The lowest BCUT2D eigenvalue weighted by molar-refractivity contribution is -0.0340. The number of aliphatic hydroxyl groups is 2. The molecule has 0 amide bonds. The number of hydrogen-bond acceptors (Lipinski definition) is 3. The Morgan fingerprint density at radius 2 is 0.841 bits per heavy atom. The fourth-order valence-electron chi connectivity index (χ4n) is 5.55. The highest BCUT2D eigenvalue weighted by Gasteiger charge is 2.11. The number of aliphatic hydroxyl groups excluding tert-OH is 2. The Kier molecular flexibility index (Phi) is 37.0. The van der Waals surface area contributed by atoms with Crippen molar-refractivity contribution in [3.05, 3.63) is 48.6 Å². The minimum Gasteiger partial charge on any atom is -0.394 e. The first-order valence-corrected chi connectivity index (χ1v) is 19.2. The molecule has 3 nitrogen and oxygen atoms in total. The molecular formula is C41H76O3. The summed E-state index contributed by atoms with van der Waals surface area (Å²) in [6.07, 6.45) is 52.3. The number of unbranched alkanes of at least 4 members (excludes halogenated alkanes) is 19. The summed E-state index contributed by atoms with van der Waals surface area (Å²) in [5, 5.41) is 18.9. The summed E-state index contributed by atoms with van der Waals surface area (Å²) in [7, 11) is 0. The van der Waals surface area contributed by atoms with Gasteiger partial charge in [-0.1, -0.05) is 184 Å². The van der Waals surface area contributed by atoms with Crippen LogP contribution in [0.15, 0.2) is 48.6 Å². The zero-order valence-corrected chi connectivity index (χ0v) is 29.6. The normalized spacial score (nSPS) is 13.8. The fourth-order valence-corrected chi connectivity index (χ4v) is 5.55. The summed E-state index contributed by atoms with van der Waals surface area (Å²) in [5.74, 6) is 0. The van der Waals surface area contributed by atoms with Gasteiger partial charge in [0.05, 0.1) is 19.3 Å². The maximum absolute atomic E-state index is 9.73. The van der Waals surface area contributed by atoms with Crippen molar-refractivity contribution in [1.29, 1.82) is 0 Å². The second kappa shape index (κ2) is 38.0. The van der Waals surface area contributed by atoms with Gasteiger partial charge in [0.2, 0.25) is 0 Å². The molecule has 2 N–H and O–H groups in total. The van der Waals surface area contributed by atoms with Gasteiger partial charge in [0.25, 0.3) is 0 Å². The second-order valence-electron chi connectivity index (χ2n) is 12.9. The third-order valence-electron chi connectivity index (χ3n) is 8.48. The Morgan fingerprint density at radius 3 is 1.30 bits per heavy atom. The first-order chi connectivity index (χ1) is 21.7. The molecule has 0 aromatic heterocycles. The predicted octanol–water partition coefficient (Wildman–Crippen LogP) is 12.5. The van der Waals surface area contributed by atoms with E-state index in [9.17, 15) is 5.11 Å². The van der Waals surface area contributed by atoms with E-state index >= 15 is 0 Å². The first-order valence-electron chi connectivity index (χ1n) is 19.2. The Hall–Kier alpha value is -1.16. The molecule has 3 heteroatoms. The van der Waals surface area contributed by atoms with Crippen LogP contribution in [0.5, 0.6) is 0 Å². The molecule has 0 rings (SSSR count). The molecule has 2 unspecified atom stereocenters. The zero-order chi connectivity index (χ0) is 32.0. The van der Waals surface area contributed by atoms with Gasteiger partial charge in [0.15, 0.2) is 0 Å². The lowest BCUT2D eigenvalue weighted by atomic mass is 10.0. The third-order valence-corrected chi connectivity index (χ3v) is 8.48. The molecule has 44 heavy (non-hydrogen) atoms. The Balaban J connectivity index is 3.83. The molecule has 0 aliphatic rings. The van der Waals surface area contributed by atoms with Crippen LogP contribution < -0.4 is 0 Å². The van der Waals surface area contributed by atoms with Crippen molar-refractivity contribution in [2.45, 2.75) is 199 Å². The number of allylic oxidation sites excluding steroid dienone is 8. The van der Waals surface area contributed by atoms with Crippen LogP contribution >= 0.6 is 0 Å². The molecule has 258 valence electrons. The summed E-state index contributed by atoms with van der Waals surface area (Å²) in [5.41, 5.74) is 0. The van der Waals surface area contributed by atoms with Crippen LogP contribution in [0, 0.1) is 0 Å². The standard InChI is InChI=1S/C41H76O3/c1-3-5-7-9-11-13-15-17-19-21-23-25-27-29-31-33-35-37-41(44-39-40(43)38-42)36-34-32-30-28-26-24-22-20-18-16-14-12-10-8-6-4-2/h12,14,18,20,24,26,30,32,40-43H,3-11,13,15-17,19,21-23,25,27-29,31,33-39H2,1-2H3. The molecule has 0 aromatic carbocycles. The van der Waals surface area contributed by atoms with E-state index in [1.165, 1.54) is 135 Å². The Morgan fingerprint density at radius 1 is 0.455 bits per heavy atom. The molecular weight excluding hydrogens is 540 g/mol. The number of ether oxygens (including phenoxy) is 1. The molecule has 2 atom stereocenters. The van der Waals surface area contributed by atoms with E-state index in [2.05, 4.69) is 62.5 Å². The summed E-state index contributed by atoms with van der Waals surface area (Å²) in [6.45, 7) is 4.54. The van der Waals surface area contributed by atoms with Crippen molar-refractivity contribution >= 4 is 0 Å². The second-order valence-corrected chi connectivity index (χ2v) is 12.9. The maximum atomic E-state index is 9.73. The molecule has 0 heterocycles. The Bertz CT molecular complexity index is 650. The summed E-state index contributed by atoms with van der Waals surface area (Å²) in [6, 6.07) is 0. The molecule has 0 saturated carbocycles. The van der Waals surface area contributed by atoms with Crippen LogP contribution in [0.3, 0.4) is 0 Å². The van der Waals surface area contributed by atoms with Crippen LogP contribution in [-0.2, 0) is 4.74 Å². The zero-order valence-electron chi connectivity index (χ0n) is 29.6. The molecule has 0 radical (unpaired) electrons. The first kappa shape index (κ1) is 42.8. The van der Waals surface area contributed by atoms with Crippen LogP contribution in [-0.4, -0.2) is 35.6 Å².